The van der Waals surface area contributed by atoms with Crippen LogP contribution in [0.3, 0.4) is 0 Å². The molecule has 0 aliphatic carbocycles. The van der Waals surface area contributed by atoms with Gasteiger partial charge in [0.15, 0.2) is 5.78 Å². The number of Topliss-reactive ketones (excluding diaryl/α,β-unsaturated/α-hetero) is 1. The normalized spacial score (nSPS) is 14.5. The molecule has 130 valence electrons. The third kappa shape index (κ3) is 3.90. The van der Waals surface area contributed by atoms with Gasteiger partial charge in [-0.15, -0.1) is 0 Å². The van der Waals surface area contributed by atoms with E-state index in [9.17, 15) is 14.0 Å². The Morgan fingerprint density at radius 2 is 1.72 bits per heavy atom. The monoisotopic (exact) mass is 404 g/mol. The third-order valence-corrected chi connectivity index (χ3v) is 4.83. The van der Waals surface area contributed by atoms with E-state index in [1.807, 2.05) is 17.0 Å². The van der Waals surface area contributed by atoms with Gasteiger partial charge in [-0.2, -0.15) is 0 Å². The Morgan fingerprint density at radius 1 is 1.00 bits per heavy atom. The number of ketones is 1. The number of carbonyl (C=O) groups excluding carboxylic acids is 2. The average Bonchev–Trinajstić information content (AvgIpc) is 2.61. The first-order valence-electron chi connectivity index (χ1n) is 8.06. The Hall–Kier alpha value is -2.21. The van der Waals surface area contributed by atoms with Gasteiger partial charge < -0.3 is 9.80 Å². The molecule has 3 rings (SSSR count). The van der Waals surface area contributed by atoms with Crippen molar-refractivity contribution in [2.45, 2.75) is 6.92 Å². The van der Waals surface area contributed by atoms with Gasteiger partial charge in [-0.3, -0.25) is 9.59 Å². The van der Waals surface area contributed by atoms with Gasteiger partial charge in [0.2, 0.25) is 0 Å². The fraction of sp³-hybridized carbons (Fsp3) is 0.263. The minimum Gasteiger partial charge on any atom is -0.366 e. The lowest BCUT2D eigenvalue weighted by Gasteiger charge is -2.36. The smallest absolute Gasteiger partial charge is 0.254 e. The average molecular weight is 405 g/mol. The van der Waals surface area contributed by atoms with Gasteiger partial charge >= 0.3 is 0 Å². The zero-order valence-corrected chi connectivity index (χ0v) is 15.4. The zero-order chi connectivity index (χ0) is 18.0. The molecule has 0 bridgehead atoms. The second-order valence-corrected chi connectivity index (χ2v) is 6.93. The lowest BCUT2D eigenvalue weighted by atomic mass is 10.1. The summed E-state index contributed by atoms with van der Waals surface area (Å²) in [5.74, 6) is -0.581. The van der Waals surface area contributed by atoms with Crippen LogP contribution in [0, 0.1) is 5.82 Å². The molecule has 1 heterocycles. The molecule has 1 fully saturated rings. The number of hydrogen-bond acceptors (Lipinski definition) is 3. The SMILES string of the molecule is CC(=O)c1ccc(N2CCN(C(=O)c3cccc(Br)c3)CC2)c(F)c1. The molecule has 25 heavy (non-hydrogen) atoms. The van der Waals surface area contributed by atoms with Crippen LogP contribution in [-0.2, 0) is 0 Å². The molecule has 0 unspecified atom stereocenters. The summed E-state index contributed by atoms with van der Waals surface area (Å²) in [5.41, 5.74) is 1.48. The van der Waals surface area contributed by atoms with Crippen molar-refractivity contribution < 1.29 is 14.0 Å². The summed E-state index contributed by atoms with van der Waals surface area (Å²) in [7, 11) is 0. The first kappa shape index (κ1) is 17.6. The van der Waals surface area contributed by atoms with E-state index in [2.05, 4.69) is 15.9 Å². The molecular weight excluding hydrogens is 387 g/mol. The van der Waals surface area contributed by atoms with Gasteiger partial charge in [-0.1, -0.05) is 22.0 Å². The summed E-state index contributed by atoms with van der Waals surface area (Å²) in [6.07, 6.45) is 0. The van der Waals surface area contributed by atoms with Crippen molar-refractivity contribution in [2.75, 3.05) is 31.1 Å². The number of carbonyl (C=O) groups is 2. The highest BCUT2D eigenvalue weighted by Gasteiger charge is 2.24. The van der Waals surface area contributed by atoms with Crippen LogP contribution in [0.2, 0.25) is 0 Å². The predicted molar refractivity (Wildman–Crippen MR) is 98.7 cm³/mol. The van der Waals surface area contributed by atoms with Crippen LogP contribution < -0.4 is 4.90 Å². The number of rotatable bonds is 3. The van der Waals surface area contributed by atoms with Gasteiger partial charge in [0, 0.05) is 41.8 Å². The van der Waals surface area contributed by atoms with Crippen molar-refractivity contribution >= 4 is 33.3 Å². The lowest BCUT2D eigenvalue weighted by molar-refractivity contribution is 0.0746. The molecule has 0 N–H and O–H groups in total. The summed E-state index contributed by atoms with van der Waals surface area (Å²) in [6, 6.07) is 11.9. The van der Waals surface area contributed by atoms with E-state index in [0.717, 1.165) is 4.47 Å². The van der Waals surface area contributed by atoms with E-state index < -0.39 is 5.82 Å². The Bertz CT molecular complexity index is 817. The van der Waals surface area contributed by atoms with Gasteiger partial charge in [-0.05, 0) is 43.3 Å². The Morgan fingerprint density at radius 3 is 2.32 bits per heavy atom. The first-order chi connectivity index (χ1) is 12.0. The summed E-state index contributed by atoms with van der Waals surface area (Å²) in [5, 5.41) is 0. The molecule has 6 heteroatoms. The fourth-order valence-corrected chi connectivity index (χ4v) is 3.34. The second kappa shape index (κ2) is 7.35. The van der Waals surface area contributed by atoms with Crippen molar-refractivity contribution in [1.29, 1.82) is 0 Å². The molecule has 0 radical (unpaired) electrons. The van der Waals surface area contributed by atoms with E-state index >= 15 is 0 Å². The first-order valence-corrected chi connectivity index (χ1v) is 8.85. The van der Waals surface area contributed by atoms with E-state index in [-0.39, 0.29) is 11.7 Å². The standard InChI is InChI=1S/C19H18BrFN2O2/c1-13(24)14-5-6-18(17(21)12-14)22-7-9-23(10-8-22)19(25)15-3-2-4-16(20)11-15/h2-6,11-12H,7-10H2,1H3. The summed E-state index contributed by atoms with van der Waals surface area (Å²) in [4.78, 5) is 27.6. The molecule has 4 nitrogen and oxygen atoms in total. The maximum atomic E-state index is 14.3. The van der Waals surface area contributed by atoms with Crippen molar-refractivity contribution in [3.63, 3.8) is 0 Å². The number of anilines is 1. The number of halogens is 2. The Balaban J connectivity index is 1.68. The number of hydrogen-bond donors (Lipinski definition) is 0. The molecule has 0 aromatic heterocycles. The quantitative estimate of drug-likeness (QED) is 0.731. The second-order valence-electron chi connectivity index (χ2n) is 6.01. The molecule has 2 aromatic carbocycles. The topological polar surface area (TPSA) is 40.6 Å². The third-order valence-electron chi connectivity index (χ3n) is 4.33. The van der Waals surface area contributed by atoms with Crippen molar-refractivity contribution in [3.8, 4) is 0 Å². The molecule has 0 spiro atoms. The molecule has 1 aliphatic rings. The van der Waals surface area contributed by atoms with Crippen LogP contribution in [-0.4, -0.2) is 42.8 Å². The number of piperazine rings is 1. The minimum absolute atomic E-state index is 0.0200. The maximum absolute atomic E-state index is 14.3. The zero-order valence-electron chi connectivity index (χ0n) is 13.8. The van der Waals surface area contributed by atoms with Crippen LogP contribution in [0.5, 0.6) is 0 Å². The maximum Gasteiger partial charge on any atom is 0.254 e. The van der Waals surface area contributed by atoms with E-state index in [1.165, 1.54) is 13.0 Å². The molecule has 0 saturated carbocycles. The molecule has 1 amide bonds. The van der Waals surface area contributed by atoms with E-state index in [4.69, 9.17) is 0 Å². The van der Waals surface area contributed by atoms with Gasteiger partial charge in [0.1, 0.15) is 5.82 Å². The Kier molecular flexibility index (Phi) is 5.18. The number of benzene rings is 2. The molecule has 2 aromatic rings. The van der Waals surface area contributed by atoms with Crippen molar-refractivity contribution in [3.05, 3.63) is 63.9 Å². The molecule has 1 aliphatic heterocycles. The Labute approximate surface area is 154 Å². The largest absolute Gasteiger partial charge is 0.366 e. The van der Waals surface area contributed by atoms with Crippen LogP contribution in [0.25, 0.3) is 0 Å². The van der Waals surface area contributed by atoms with Gasteiger partial charge in [0.25, 0.3) is 5.91 Å². The predicted octanol–water partition coefficient (Wildman–Crippen LogP) is 3.75. The van der Waals surface area contributed by atoms with Gasteiger partial charge in [0.05, 0.1) is 5.69 Å². The van der Waals surface area contributed by atoms with Crippen LogP contribution in [0.4, 0.5) is 10.1 Å². The van der Waals surface area contributed by atoms with Crippen LogP contribution >= 0.6 is 15.9 Å². The highest BCUT2D eigenvalue weighted by atomic mass is 79.9. The van der Waals surface area contributed by atoms with Crippen molar-refractivity contribution in [1.82, 2.24) is 4.90 Å². The van der Waals surface area contributed by atoms with E-state index in [0.29, 0.717) is 43.0 Å². The fourth-order valence-electron chi connectivity index (χ4n) is 2.94. The highest BCUT2D eigenvalue weighted by molar-refractivity contribution is 9.10. The summed E-state index contributed by atoms with van der Waals surface area (Å²) in [6.45, 7) is 3.57. The van der Waals surface area contributed by atoms with Gasteiger partial charge in [-0.25, -0.2) is 4.39 Å². The minimum atomic E-state index is -0.403. The summed E-state index contributed by atoms with van der Waals surface area (Å²) >= 11 is 3.37. The molecule has 0 atom stereocenters. The molecular formula is C19H18BrFN2O2. The number of nitrogens with zero attached hydrogens (tertiary/aromatic N) is 2. The van der Waals surface area contributed by atoms with Crippen molar-refractivity contribution in [2.24, 2.45) is 0 Å². The van der Waals surface area contributed by atoms with Crippen LogP contribution in [0.1, 0.15) is 27.6 Å². The van der Waals surface area contributed by atoms with Crippen LogP contribution in [0.15, 0.2) is 46.9 Å². The number of amides is 1. The highest BCUT2D eigenvalue weighted by Crippen LogP contribution is 2.23. The molecule has 1 saturated heterocycles. The van der Waals surface area contributed by atoms with E-state index in [1.54, 1.807) is 29.2 Å². The summed E-state index contributed by atoms with van der Waals surface area (Å²) < 4.78 is 15.1. The lowest BCUT2D eigenvalue weighted by Crippen LogP contribution is -2.49.